The fraction of sp³-hybridized carbons (Fsp3) is 0.357. The van der Waals surface area contributed by atoms with Crippen LogP contribution in [0.4, 0.5) is 5.69 Å². The summed E-state index contributed by atoms with van der Waals surface area (Å²) >= 11 is 0. The van der Waals surface area contributed by atoms with E-state index in [2.05, 4.69) is 29.3 Å². The van der Waals surface area contributed by atoms with Gasteiger partial charge >= 0.3 is 0 Å². The van der Waals surface area contributed by atoms with Crippen molar-refractivity contribution >= 4 is 11.6 Å². The van der Waals surface area contributed by atoms with E-state index in [4.69, 9.17) is 0 Å². The minimum atomic E-state index is -0.357. The predicted octanol–water partition coefficient (Wildman–Crippen LogP) is 5.47. The van der Waals surface area contributed by atoms with E-state index in [9.17, 15) is 9.59 Å². The van der Waals surface area contributed by atoms with E-state index < -0.39 is 0 Å². The molecular formula is C28H33N3O2. The van der Waals surface area contributed by atoms with Crippen molar-refractivity contribution in [1.29, 1.82) is 0 Å². The lowest BCUT2D eigenvalue weighted by atomic mass is 9.99. The molecule has 0 bridgehead atoms. The highest BCUT2D eigenvalue weighted by molar-refractivity contribution is 6.05. The molecule has 1 aliphatic rings. The van der Waals surface area contributed by atoms with Crippen molar-refractivity contribution in [1.82, 2.24) is 9.47 Å². The third kappa shape index (κ3) is 5.09. The number of likely N-dealkylation sites (tertiary alicyclic amines) is 1. The summed E-state index contributed by atoms with van der Waals surface area (Å²) in [6.45, 7) is 8.53. The highest BCUT2D eigenvalue weighted by Crippen LogP contribution is 2.28. The Balaban J connectivity index is 1.62. The van der Waals surface area contributed by atoms with Gasteiger partial charge in [0.1, 0.15) is 5.56 Å². The van der Waals surface area contributed by atoms with Gasteiger partial charge in [-0.05, 0) is 74.5 Å². The second kappa shape index (κ2) is 10.2. The van der Waals surface area contributed by atoms with Crippen LogP contribution in [0.5, 0.6) is 0 Å². The number of aryl methyl sites for hydroxylation is 1. The molecule has 1 atom stereocenters. The number of nitrogens with one attached hydrogen (secondary N) is 1. The minimum Gasteiger partial charge on any atom is -0.322 e. The fourth-order valence-electron chi connectivity index (χ4n) is 4.70. The number of piperidine rings is 1. The maximum atomic E-state index is 13.3. The van der Waals surface area contributed by atoms with Crippen LogP contribution in [-0.2, 0) is 13.1 Å². The second-order valence-electron chi connectivity index (χ2n) is 8.97. The van der Waals surface area contributed by atoms with Gasteiger partial charge in [0.2, 0.25) is 0 Å². The van der Waals surface area contributed by atoms with Crippen molar-refractivity contribution in [3.8, 4) is 11.1 Å². The van der Waals surface area contributed by atoms with Gasteiger partial charge in [-0.15, -0.1) is 0 Å². The van der Waals surface area contributed by atoms with E-state index in [1.54, 1.807) is 10.6 Å². The van der Waals surface area contributed by atoms with Gasteiger partial charge in [0.25, 0.3) is 11.5 Å². The van der Waals surface area contributed by atoms with Crippen LogP contribution in [0, 0.1) is 6.92 Å². The van der Waals surface area contributed by atoms with E-state index in [1.165, 1.54) is 19.3 Å². The maximum Gasteiger partial charge on any atom is 0.263 e. The normalized spacial score (nSPS) is 16.5. The lowest BCUT2D eigenvalue weighted by Crippen LogP contribution is -2.37. The molecule has 2 heterocycles. The first-order valence-corrected chi connectivity index (χ1v) is 11.9. The van der Waals surface area contributed by atoms with Gasteiger partial charge in [0, 0.05) is 31.0 Å². The monoisotopic (exact) mass is 443 g/mol. The van der Waals surface area contributed by atoms with Crippen molar-refractivity contribution in [2.45, 2.75) is 59.2 Å². The zero-order chi connectivity index (χ0) is 23.4. The molecule has 1 N–H and O–H groups in total. The zero-order valence-corrected chi connectivity index (χ0v) is 19.8. The van der Waals surface area contributed by atoms with Crippen LogP contribution < -0.4 is 10.9 Å². The fourth-order valence-corrected chi connectivity index (χ4v) is 4.70. The average molecular weight is 444 g/mol. The van der Waals surface area contributed by atoms with E-state index in [0.717, 1.165) is 41.0 Å². The lowest BCUT2D eigenvalue weighted by molar-refractivity contribution is 0.102. The number of nitrogens with zero attached hydrogens (tertiary/aromatic N) is 2. The van der Waals surface area contributed by atoms with E-state index in [0.29, 0.717) is 12.6 Å². The van der Waals surface area contributed by atoms with Crippen LogP contribution in [0.1, 0.15) is 54.6 Å². The molecule has 1 saturated heterocycles. The molecule has 1 aromatic heterocycles. The summed E-state index contributed by atoms with van der Waals surface area (Å²) in [6.07, 6.45) is 5.56. The Bertz CT molecular complexity index is 1180. The van der Waals surface area contributed by atoms with Crippen LogP contribution in [0.2, 0.25) is 0 Å². The molecule has 0 aliphatic carbocycles. The van der Waals surface area contributed by atoms with Gasteiger partial charge in [-0.1, -0.05) is 48.9 Å². The van der Waals surface area contributed by atoms with Crippen LogP contribution in [0.15, 0.2) is 65.6 Å². The Morgan fingerprint density at radius 3 is 2.61 bits per heavy atom. The molecule has 5 heteroatoms. The zero-order valence-electron chi connectivity index (χ0n) is 19.8. The highest BCUT2D eigenvalue weighted by atomic mass is 16.2. The third-order valence-electron chi connectivity index (χ3n) is 6.72. The number of anilines is 1. The average Bonchev–Trinajstić information content (AvgIpc) is 2.83. The molecule has 1 amide bonds. The summed E-state index contributed by atoms with van der Waals surface area (Å²) in [4.78, 5) is 28.7. The number of pyridine rings is 1. The number of aromatic nitrogens is 1. The molecule has 33 heavy (non-hydrogen) atoms. The Kier molecular flexibility index (Phi) is 7.09. The van der Waals surface area contributed by atoms with Gasteiger partial charge in [0.15, 0.2) is 0 Å². The van der Waals surface area contributed by atoms with Crippen molar-refractivity contribution < 1.29 is 4.79 Å². The van der Waals surface area contributed by atoms with E-state index in [1.807, 2.05) is 56.4 Å². The molecule has 2 aromatic carbocycles. The maximum absolute atomic E-state index is 13.3. The van der Waals surface area contributed by atoms with Crippen LogP contribution >= 0.6 is 0 Å². The molecular weight excluding hydrogens is 410 g/mol. The van der Waals surface area contributed by atoms with Gasteiger partial charge < -0.3 is 9.88 Å². The van der Waals surface area contributed by atoms with Crippen LogP contribution in [-0.4, -0.2) is 28.0 Å². The first kappa shape index (κ1) is 23.0. The summed E-state index contributed by atoms with van der Waals surface area (Å²) in [5, 5.41) is 3.00. The Morgan fingerprint density at radius 1 is 1.09 bits per heavy atom. The predicted molar refractivity (Wildman–Crippen MR) is 135 cm³/mol. The third-order valence-corrected chi connectivity index (χ3v) is 6.72. The number of benzene rings is 2. The molecule has 4 rings (SSSR count). The summed E-state index contributed by atoms with van der Waals surface area (Å²) < 4.78 is 1.64. The summed E-state index contributed by atoms with van der Waals surface area (Å²) in [6, 6.07) is 18.3. The van der Waals surface area contributed by atoms with E-state index >= 15 is 0 Å². The van der Waals surface area contributed by atoms with Crippen molar-refractivity contribution in [2.24, 2.45) is 0 Å². The largest absolute Gasteiger partial charge is 0.322 e. The number of rotatable bonds is 6. The quantitative estimate of drug-likeness (QED) is 0.550. The van der Waals surface area contributed by atoms with Crippen molar-refractivity contribution in [2.75, 3.05) is 11.9 Å². The number of hydrogen-bond acceptors (Lipinski definition) is 3. The molecule has 1 aliphatic heterocycles. The number of hydrogen-bond donors (Lipinski definition) is 1. The number of carbonyl (C=O) groups is 1. The Morgan fingerprint density at radius 2 is 1.88 bits per heavy atom. The SMILES string of the molecule is CCn1cc(CN2CCCCC2C)cc(C(=O)Nc2cccc(-c3ccccc3)c2C)c1=O. The molecule has 0 spiro atoms. The summed E-state index contributed by atoms with van der Waals surface area (Å²) in [5.74, 6) is -0.357. The molecule has 1 unspecified atom stereocenters. The number of carbonyl (C=O) groups excluding carboxylic acids is 1. The second-order valence-corrected chi connectivity index (χ2v) is 8.97. The molecule has 172 valence electrons. The number of amides is 1. The van der Waals surface area contributed by atoms with Crippen molar-refractivity contribution in [3.05, 3.63) is 87.8 Å². The molecule has 3 aromatic rings. The molecule has 1 fully saturated rings. The summed E-state index contributed by atoms with van der Waals surface area (Å²) in [7, 11) is 0. The van der Waals surface area contributed by atoms with Crippen LogP contribution in [0.25, 0.3) is 11.1 Å². The highest BCUT2D eigenvalue weighted by Gasteiger charge is 2.21. The molecule has 0 saturated carbocycles. The Labute approximate surface area is 196 Å². The smallest absolute Gasteiger partial charge is 0.263 e. The first-order valence-electron chi connectivity index (χ1n) is 11.9. The van der Waals surface area contributed by atoms with Gasteiger partial charge in [-0.25, -0.2) is 0 Å². The van der Waals surface area contributed by atoms with Gasteiger partial charge in [-0.2, -0.15) is 0 Å². The van der Waals surface area contributed by atoms with Crippen LogP contribution in [0.3, 0.4) is 0 Å². The van der Waals surface area contributed by atoms with Gasteiger partial charge in [-0.3, -0.25) is 14.5 Å². The Hall–Kier alpha value is -3.18. The van der Waals surface area contributed by atoms with E-state index in [-0.39, 0.29) is 17.0 Å². The van der Waals surface area contributed by atoms with Gasteiger partial charge in [0.05, 0.1) is 0 Å². The topological polar surface area (TPSA) is 54.3 Å². The molecule has 5 nitrogen and oxygen atoms in total. The standard InChI is InChI=1S/C28H33N3O2/c1-4-30-18-22(19-31-16-9-8-11-20(31)2)17-25(28(30)33)27(32)29-26-15-10-14-24(21(26)3)23-12-6-5-7-13-23/h5-7,10,12-15,17-18,20H,4,8-9,11,16,19H2,1-3H3,(H,29,32). The minimum absolute atomic E-state index is 0.198. The summed E-state index contributed by atoms with van der Waals surface area (Å²) in [5.41, 5.74) is 4.81. The lowest BCUT2D eigenvalue weighted by Gasteiger charge is -2.33. The van der Waals surface area contributed by atoms with Crippen molar-refractivity contribution in [3.63, 3.8) is 0 Å². The molecule has 0 radical (unpaired) electrons. The first-order chi connectivity index (χ1) is 16.0.